The maximum absolute atomic E-state index is 13.7. The Morgan fingerprint density at radius 1 is 1.21 bits per heavy atom. The third-order valence-electron chi connectivity index (χ3n) is 5.85. The van der Waals surface area contributed by atoms with Crippen molar-refractivity contribution < 1.29 is 13.9 Å². The fourth-order valence-electron chi connectivity index (χ4n) is 4.16. The average Bonchev–Trinajstić information content (AvgIpc) is 2.72. The number of likely N-dealkylation sites (tertiary alicyclic amines) is 1. The number of nitrogens with one attached hydrogen (secondary N) is 1. The molecule has 1 fully saturated rings. The second kappa shape index (κ2) is 8.76. The van der Waals surface area contributed by atoms with E-state index < -0.39 is 0 Å². The second-order valence-corrected chi connectivity index (χ2v) is 9.12. The van der Waals surface area contributed by atoms with Gasteiger partial charge in [-0.3, -0.25) is 4.79 Å². The lowest BCUT2D eigenvalue weighted by atomic mass is 9.80. The Labute approximate surface area is 175 Å². The van der Waals surface area contributed by atoms with Crippen LogP contribution in [-0.4, -0.2) is 42.3 Å². The van der Waals surface area contributed by atoms with Gasteiger partial charge in [-0.2, -0.15) is 0 Å². The van der Waals surface area contributed by atoms with Crippen molar-refractivity contribution in [3.8, 4) is 5.75 Å². The molecule has 6 heteroatoms. The van der Waals surface area contributed by atoms with E-state index in [1.54, 1.807) is 12.1 Å². The van der Waals surface area contributed by atoms with E-state index in [2.05, 4.69) is 17.3 Å². The summed E-state index contributed by atoms with van der Waals surface area (Å²) in [6, 6.07) is 14.6. The van der Waals surface area contributed by atoms with Gasteiger partial charge in [-0.15, -0.1) is 11.8 Å². The number of carbonyl (C=O) groups is 1. The predicted octanol–water partition coefficient (Wildman–Crippen LogP) is 4.41. The van der Waals surface area contributed by atoms with Crippen LogP contribution in [0.2, 0.25) is 0 Å². The Morgan fingerprint density at radius 2 is 1.93 bits per heavy atom. The lowest BCUT2D eigenvalue weighted by Gasteiger charge is -2.46. The summed E-state index contributed by atoms with van der Waals surface area (Å²) in [4.78, 5) is 15.6. The van der Waals surface area contributed by atoms with Gasteiger partial charge in [-0.25, -0.2) is 4.39 Å². The van der Waals surface area contributed by atoms with Gasteiger partial charge in [0.1, 0.15) is 17.2 Å². The molecule has 1 amide bonds. The minimum absolute atomic E-state index is 0.00128. The Kier molecular flexibility index (Phi) is 6.11. The Bertz CT molecular complexity index is 867. The van der Waals surface area contributed by atoms with Crippen molar-refractivity contribution in [1.29, 1.82) is 0 Å². The van der Waals surface area contributed by atoms with E-state index in [1.165, 1.54) is 17.8 Å². The Hall–Kier alpha value is -2.05. The number of carbonyl (C=O) groups excluding carboxylic acids is 1. The largest absolute Gasteiger partial charge is 0.487 e. The molecule has 4 nitrogen and oxygen atoms in total. The number of para-hydroxylation sites is 1. The van der Waals surface area contributed by atoms with Crippen molar-refractivity contribution in [3.05, 3.63) is 59.9 Å². The molecule has 2 aromatic carbocycles. The lowest BCUT2D eigenvalue weighted by molar-refractivity contribution is -0.122. The summed E-state index contributed by atoms with van der Waals surface area (Å²) in [5.41, 5.74) is 0.841. The minimum atomic E-state index is -0.236. The SMILES string of the molecule is CN1CCC2(CC1)CC(NC(=O)CCSc1ccccc1F)c1ccccc1O2. The summed E-state index contributed by atoms with van der Waals surface area (Å²) in [6.07, 6.45) is 3.08. The van der Waals surface area contributed by atoms with Gasteiger partial charge in [0.2, 0.25) is 5.91 Å². The third kappa shape index (κ3) is 4.75. The molecule has 1 spiro atoms. The number of fused-ring (bicyclic) bond motifs is 1. The normalized spacial score (nSPS) is 20.7. The molecule has 0 radical (unpaired) electrons. The van der Waals surface area contributed by atoms with E-state index in [-0.39, 0.29) is 23.4 Å². The molecule has 2 heterocycles. The molecule has 1 unspecified atom stereocenters. The molecule has 29 heavy (non-hydrogen) atoms. The number of benzene rings is 2. The van der Waals surface area contributed by atoms with Crippen LogP contribution in [0.15, 0.2) is 53.4 Å². The predicted molar refractivity (Wildman–Crippen MR) is 114 cm³/mol. The average molecular weight is 415 g/mol. The maximum atomic E-state index is 13.7. The molecule has 2 aliphatic heterocycles. The van der Waals surface area contributed by atoms with Crippen LogP contribution >= 0.6 is 11.8 Å². The van der Waals surface area contributed by atoms with E-state index >= 15 is 0 Å². The van der Waals surface area contributed by atoms with Crippen molar-refractivity contribution >= 4 is 17.7 Å². The minimum Gasteiger partial charge on any atom is -0.487 e. The van der Waals surface area contributed by atoms with Gasteiger partial charge in [-0.1, -0.05) is 30.3 Å². The molecule has 2 aliphatic rings. The number of amides is 1. The zero-order valence-electron chi connectivity index (χ0n) is 16.7. The van der Waals surface area contributed by atoms with Gasteiger partial charge in [0.25, 0.3) is 0 Å². The molecule has 2 aromatic rings. The van der Waals surface area contributed by atoms with Crippen LogP contribution in [0.5, 0.6) is 5.75 Å². The molecule has 1 N–H and O–H groups in total. The van der Waals surface area contributed by atoms with Crippen LogP contribution in [0, 0.1) is 5.82 Å². The van der Waals surface area contributed by atoms with Crippen molar-refractivity contribution in [1.82, 2.24) is 10.2 Å². The highest BCUT2D eigenvalue weighted by atomic mass is 32.2. The van der Waals surface area contributed by atoms with Crippen molar-refractivity contribution in [2.45, 2.75) is 42.2 Å². The molecular weight excluding hydrogens is 387 g/mol. The Morgan fingerprint density at radius 3 is 2.72 bits per heavy atom. The van der Waals surface area contributed by atoms with Crippen LogP contribution in [-0.2, 0) is 4.79 Å². The summed E-state index contributed by atoms with van der Waals surface area (Å²) >= 11 is 1.38. The first kappa shape index (κ1) is 20.2. The second-order valence-electron chi connectivity index (χ2n) is 7.98. The van der Waals surface area contributed by atoms with Crippen molar-refractivity contribution in [3.63, 3.8) is 0 Å². The first-order chi connectivity index (χ1) is 14.0. The van der Waals surface area contributed by atoms with Crippen LogP contribution < -0.4 is 10.1 Å². The molecular formula is C23H27FN2O2S. The zero-order chi connectivity index (χ0) is 20.3. The first-order valence-electron chi connectivity index (χ1n) is 10.2. The molecule has 1 atom stereocenters. The summed E-state index contributed by atoms with van der Waals surface area (Å²) in [5.74, 6) is 1.20. The van der Waals surface area contributed by atoms with E-state index in [4.69, 9.17) is 4.74 Å². The van der Waals surface area contributed by atoms with E-state index in [0.29, 0.717) is 17.1 Å². The number of piperidine rings is 1. The number of nitrogens with zero attached hydrogens (tertiary/aromatic N) is 1. The van der Waals surface area contributed by atoms with Gasteiger partial charge in [0.15, 0.2) is 0 Å². The Balaban J connectivity index is 1.40. The number of rotatable bonds is 5. The van der Waals surface area contributed by atoms with E-state index in [0.717, 1.165) is 43.7 Å². The van der Waals surface area contributed by atoms with Gasteiger partial charge < -0.3 is 15.0 Å². The van der Waals surface area contributed by atoms with Gasteiger partial charge in [0, 0.05) is 42.1 Å². The third-order valence-corrected chi connectivity index (χ3v) is 6.90. The van der Waals surface area contributed by atoms with Crippen molar-refractivity contribution in [2.24, 2.45) is 0 Å². The molecule has 1 saturated heterocycles. The van der Waals surface area contributed by atoms with Gasteiger partial charge >= 0.3 is 0 Å². The maximum Gasteiger partial charge on any atom is 0.221 e. The smallest absolute Gasteiger partial charge is 0.221 e. The first-order valence-corrected chi connectivity index (χ1v) is 11.2. The van der Waals surface area contributed by atoms with Crippen LogP contribution in [0.4, 0.5) is 4.39 Å². The molecule has 0 aliphatic carbocycles. The topological polar surface area (TPSA) is 41.6 Å². The van der Waals surface area contributed by atoms with Gasteiger partial charge in [0.05, 0.1) is 6.04 Å². The summed E-state index contributed by atoms with van der Waals surface area (Å²) < 4.78 is 20.2. The van der Waals surface area contributed by atoms with Crippen LogP contribution in [0.3, 0.4) is 0 Å². The van der Waals surface area contributed by atoms with Crippen LogP contribution in [0.25, 0.3) is 0 Å². The molecule has 0 bridgehead atoms. The fraction of sp³-hybridized carbons (Fsp3) is 0.435. The summed E-state index contributed by atoms with van der Waals surface area (Å²) in [5, 5.41) is 3.22. The summed E-state index contributed by atoms with van der Waals surface area (Å²) in [7, 11) is 2.14. The zero-order valence-corrected chi connectivity index (χ0v) is 17.5. The number of hydrogen-bond donors (Lipinski definition) is 1. The monoisotopic (exact) mass is 414 g/mol. The molecule has 4 rings (SSSR count). The number of thioether (sulfide) groups is 1. The highest BCUT2D eigenvalue weighted by Gasteiger charge is 2.43. The van der Waals surface area contributed by atoms with E-state index in [9.17, 15) is 9.18 Å². The standard InChI is InChI=1S/C23H27FN2O2S/c1-26-13-11-23(12-14-26)16-19(17-6-2-4-8-20(17)28-23)25-22(27)10-15-29-21-9-5-3-7-18(21)24/h2-9,19H,10-16H2,1H3,(H,25,27). The van der Waals surface area contributed by atoms with E-state index in [1.807, 2.05) is 30.3 Å². The molecule has 154 valence electrons. The highest BCUT2D eigenvalue weighted by molar-refractivity contribution is 7.99. The molecule has 0 aromatic heterocycles. The quantitative estimate of drug-likeness (QED) is 0.736. The highest BCUT2D eigenvalue weighted by Crippen LogP contribution is 2.44. The lowest BCUT2D eigenvalue weighted by Crippen LogP contribution is -2.51. The summed E-state index contributed by atoms with van der Waals surface area (Å²) in [6.45, 7) is 2.00. The van der Waals surface area contributed by atoms with Crippen LogP contribution in [0.1, 0.15) is 37.3 Å². The van der Waals surface area contributed by atoms with Crippen molar-refractivity contribution in [2.75, 3.05) is 25.9 Å². The number of ether oxygens (including phenoxy) is 1. The number of hydrogen-bond acceptors (Lipinski definition) is 4. The fourth-order valence-corrected chi connectivity index (χ4v) is 5.05. The number of halogens is 1. The molecule has 0 saturated carbocycles. The van der Waals surface area contributed by atoms with Gasteiger partial charge in [-0.05, 0) is 38.1 Å².